The molecule has 1 atom stereocenters. The molecule has 1 aromatic carbocycles. The van der Waals surface area contributed by atoms with Gasteiger partial charge in [-0.25, -0.2) is 0 Å². The molecule has 1 heterocycles. The molecule has 0 bridgehead atoms. The van der Waals surface area contributed by atoms with Crippen LogP contribution >= 0.6 is 54.8 Å². The Morgan fingerprint density at radius 3 is 2.50 bits per heavy atom. The standard InChI is InChI=1S/C11H8Br2ClNS/c12-7-2-1-6(5-8(7)14)11(15)9-3-4-10(13)16-9/h1-5,11H,15H2. The van der Waals surface area contributed by atoms with Crippen molar-refractivity contribution in [3.05, 3.63) is 54.1 Å². The molecule has 0 saturated carbocycles. The fourth-order valence-electron chi connectivity index (χ4n) is 1.37. The van der Waals surface area contributed by atoms with Crippen molar-refractivity contribution >= 4 is 54.8 Å². The summed E-state index contributed by atoms with van der Waals surface area (Å²) in [4.78, 5) is 1.12. The van der Waals surface area contributed by atoms with Gasteiger partial charge >= 0.3 is 0 Å². The second-order valence-electron chi connectivity index (χ2n) is 3.29. The van der Waals surface area contributed by atoms with Gasteiger partial charge in [0.25, 0.3) is 0 Å². The van der Waals surface area contributed by atoms with E-state index in [2.05, 4.69) is 31.9 Å². The molecule has 0 amide bonds. The van der Waals surface area contributed by atoms with Crippen LogP contribution in [0.4, 0.5) is 0 Å². The third-order valence-corrected chi connectivity index (χ3v) is 5.14. The van der Waals surface area contributed by atoms with E-state index in [0.29, 0.717) is 5.02 Å². The smallest absolute Gasteiger partial charge is 0.0702 e. The highest BCUT2D eigenvalue weighted by Gasteiger charge is 2.12. The van der Waals surface area contributed by atoms with Gasteiger partial charge in [0.2, 0.25) is 0 Å². The van der Waals surface area contributed by atoms with Crippen molar-refractivity contribution in [1.29, 1.82) is 0 Å². The van der Waals surface area contributed by atoms with E-state index in [1.807, 2.05) is 30.3 Å². The minimum atomic E-state index is -0.123. The van der Waals surface area contributed by atoms with Crippen LogP contribution in [0.25, 0.3) is 0 Å². The van der Waals surface area contributed by atoms with Gasteiger partial charge in [-0.2, -0.15) is 0 Å². The van der Waals surface area contributed by atoms with Crippen LogP contribution < -0.4 is 5.73 Å². The molecule has 0 spiro atoms. The van der Waals surface area contributed by atoms with Crippen molar-refractivity contribution in [3.63, 3.8) is 0 Å². The van der Waals surface area contributed by atoms with Gasteiger partial charge < -0.3 is 5.73 Å². The SMILES string of the molecule is NC(c1ccc(Br)c(Cl)c1)c1ccc(Br)s1. The Morgan fingerprint density at radius 1 is 1.19 bits per heavy atom. The molecular weight excluding hydrogens is 373 g/mol. The minimum Gasteiger partial charge on any atom is -0.320 e. The van der Waals surface area contributed by atoms with Crippen LogP contribution in [-0.4, -0.2) is 0 Å². The second-order valence-corrected chi connectivity index (χ2v) is 7.05. The van der Waals surface area contributed by atoms with Crippen LogP contribution in [0, 0.1) is 0 Å². The Morgan fingerprint density at radius 2 is 1.94 bits per heavy atom. The molecule has 84 valence electrons. The molecule has 0 fully saturated rings. The first-order chi connectivity index (χ1) is 7.58. The predicted molar refractivity (Wildman–Crippen MR) is 77.2 cm³/mol. The molecule has 16 heavy (non-hydrogen) atoms. The summed E-state index contributed by atoms with van der Waals surface area (Å²) < 4.78 is 1.97. The topological polar surface area (TPSA) is 26.0 Å². The quantitative estimate of drug-likeness (QED) is 0.780. The molecule has 0 saturated heterocycles. The molecule has 2 N–H and O–H groups in total. The van der Waals surface area contributed by atoms with Crippen LogP contribution in [0.15, 0.2) is 38.6 Å². The number of halogens is 3. The van der Waals surface area contributed by atoms with Gasteiger partial charge in [-0.15, -0.1) is 11.3 Å². The van der Waals surface area contributed by atoms with E-state index >= 15 is 0 Å². The van der Waals surface area contributed by atoms with E-state index in [1.54, 1.807) is 11.3 Å². The molecular formula is C11H8Br2ClNS. The predicted octanol–water partition coefficient (Wildman–Crippen LogP) is 4.97. The average molecular weight is 382 g/mol. The van der Waals surface area contributed by atoms with Crippen LogP contribution in [-0.2, 0) is 0 Å². The highest BCUT2D eigenvalue weighted by molar-refractivity contribution is 9.11. The molecule has 2 rings (SSSR count). The van der Waals surface area contributed by atoms with Crippen molar-refractivity contribution < 1.29 is 0 Å². The van der Waals surface area contributed by atoms with E-state index in [4.69, 9.17) is 17.3 Å². The number of rotatable bonds is 2. The monoisotopic (exact) mass is 379 g/mol. The van der Waals surface area contributed by atoms with Crippen LogP contribution in [0.5, 0.6) is 0 Å². The van der Waals surface area contributed by atoms with Crippen molar-refractivity contribution in [2.75, 3.05) is 0 Å². The Balaban J connectivity index is 2.33. The first-order valence-corrected chi connectivity index (χ1v) is 7.32. The van der Waals surface area contributed by atoms with E-state index in [9.17, 15) is 0 Å². The molecule has 1 aromatic heterocycles. The first-order valence-electron chi connectivity index (χ1n) is 4.53. The van der Waals surface area contributed by atoms with Gasteiger partial charge in [0.05, 0.1) is 14.9 Å². The third kappa shape index (κ3) is 2.68. The van der Waals surface area contributed by atoms with Crippen molar-refractivity contribution in [2.45, 2.75) is 6.04 Å². The fraction of sp³-hybridized carbons (Fsp3) is 0.0909. The zero-order chi connectivity index (χ0) is 11.7. The number of thiophene rings is 1. The van der Waals surface area contributed by atoms with E-state index in [0.717, 1.165) is 18.7 Å². The number of nitrogens with two attached hydrogens (primary N) is 1. The van der Waals surface area contributed by atoms with Crippen LogP contribution in [0.3, 0.4) is 0 Å². The van der Waals surface area contributed by atoms with Gasteiger partial charge in [0.1, 0.15) is 0 Å². The van der Waals surface area contributed by atoms with Gasteiger partial charge in [-0.05, 0) is 61.7 Å². The lowest BCUT2D eigenvalue weighted by molar-refractivity contribution is 0.893. The summed E-state index contributed by atoms with van der Waals surface area (Å²) >= 11 is 14.5. The first kappa shape index (κ1) is 12.6. The van der Waals surface area contributed by atoms with Gasteiger partial charge in [-0.3, -0.25) is 0 Å². The normalized spacial score (nSPS) is 12.8. The highest BCUT2D eigenvalue weighted by Crippen LogP contribution is 2.32. The Labute approximate surface area is 120 Å². The Kier molecular flexibility index (Phi) is 4.08. The summed E-state index contributed by atoms with van der Waals surface area (Å²) in [5, 5.41) is 0.684. The number of benzene rings is 1. The average Bonchev–Trinajstić information content (AvgIpc) is 2.68. The highest BCUT2D eigenvalue weighted by atomic mass is 79.9. The summed E-state index contributed by atoms with van der Waals surface area (Å²) in [6.07, 6.45) is 0. The second kappa shape index (κ2) is 5.19. The fourth-order valence-corrected chi connectivity index (χ4v) is 3.25. The molecule has 0 aliphatic carbocycles. The van der Waals surface area contributed by atoms with Gasteiger partial charge in [0, 0.05) is 9.35 Å². The minimum absolute atomic E-state index is 0.123. The molecule has 1 nitrogen and oxygen atoms in total. The maximum absolute atomic E-state index is 6.16. The summed E-state index contributed by atoms with van der Waals surface area (Å²) in [5.74, 6) is 0. The number of hydrogen-bond donors (Lipinski definition) is 1. The summed E-state index contributed by atoms with van der Waals surface area (Å²) in [6, 6.07) is 9.69. The lowest BCUT2D eigenvalue weighted by Gasteiger charge is -2.10. The summed E-state index contributed by atoms with van der Waals surface area (Å²) in [7, 11) is 0. The maximum Gasteiger partial charge on any atom is 0.0702 e. The van der Waals surface area contributed by atoms with E-state index < -0.39 is 0 Å². The Hall–Kier alpha value is 0.130. The Bertz CT molecular complexity index is 512. The molecule has 1 unspecified atom stereocenters. The van der Waals surface area contributed by atoms with Crippen LogP contribution in [0.1, 0.15) is 16.5 Å². The molecule has 5 heteroatoms. The zero-order valence-corrected chi connectivity index (χ0v) is 12.8. The zero-order valence-electron chi connectivity index (χ0n) is 8.08. The van der Waals surface area contributed by atoms with E-state index in [1.165, 1.54) is 0 Å². The van der Waals surface area contributed by atoms with Crippen molar-refractivity contribution in [1.82, 2.24) is 0 Å². The lowest BCUT2D eigenvalue weighted by Crippen LogP contribution is -2.09. The van der Waals surface area contributed by atoms with Gasteiger partial charge in [0.15, 0.2) is 0 Å². The van der Waals surface area contributed by atoms with Gasteiger partial charge in [-0.1, -0.05) is 17.7 Å². The van der Waals surface area contributed by atoms with Crippen LogP contribution in [0.2, 0.25) is 5.02 Å². The maximum atomic E-state index is 6.16. The van der Waals surface area contributed by atoms with E-state index in [-0.39, 0.29) is 6.04 Å². The molecule has 0 radical (unpaired) electrons. The molecule has 0 aliphatic heterocycles. The van der Waals surface area contributed by atoms with Crippen molar-refractivity contribution in [2.24, 2.45) is 5.73 Å². The largest absolute Gasteiger partial charge is 0.320 e. The number of hydrogen-bond acceptors (Lipinski definition) is 2. The van der Waals surface area contributed by atoms with Crippen molar-refractivity contribution in [3.8, 4) is 0 Å². The summed E-state index contributed by atoms with van der Waals surface area (Å²) in [5.41, 5.74) is 7.18. The lowest BCUT2D eigenvalue weighted by atomic mass is 10.1. The third-order valence-electron chi connectivity index (χ3n) is 2.20. The summed E-state index contributed by atoms with van der Waals surface area (Å²) in [6.45, 7) is 0. The molecule has 2 aromatic rings. The molecule has 0 aliphatic rings.